The van der Waals surface area contributed by atoms with Crippen LogP contribution in [0, 0.1) is 40.4 Å². The van der Waals surface area contributed by atoms with Gasteiger partial charge >= 0.3 is 5.97 Å². The van der Waals surface area contributed by atoms with E-state index < -0.39 is 23.2 Å². The second kappa shape index (κ2) is 8.89. The molecule has 1 aromatic carbocycles. The average molecular weight is 542 g/mol. The lowest BCUT2D eigenvalue weighted by molar-refractivity contribution is -0.272. The maximum Gasteiger partial charge on any atom is 0.302 e. The van der Waals surface area contributed by atoms with Crippen LogP contribution in [0.15, 0.2) is 30.3 Å². The van der Waals surface area contributed by atoms with Crippen molar-refractivity contribution in [1.82, 2.24) is 4.90 Å². The van der Waals surface area contributed by atoms with Gasteiger partial charge in [0, 0.05) is 74.7 Å². The van der Waals surface area contributed by atoms with E-state index in [0.717, 1.165) is 31.7 Å². The predicted molar refractivity (Wildman–Crippen MR) is 142 cm³/mol. The van der Waals surface area contributed by atoms with E-state index in [2.05, 4.69) is 11.8 Å². The first-order chi connectivity index (χ1) is 18.8. The molecule has 5 saturated carbocycles. The molecule has 7 rings (SSSR count). The Morgan fingerprint density at radius 2 is 1.90 bits per heavy atom. The highest BCUT2D eigenvalue weighted by Gasteiger charge is 2.86. The third-order valence-corrected chi connectivity index (χ3v) is 12.2. The molecule has 8 heteroatoms. The number of ether oxygens (including phenoxy) is 4. The summed E-state index contributed by atoms with van der Waals surface area (Å²) in [6.45, 7) is 5.86. The van der Waals surface area contributed by atoms with Gasteiger partial charge in [-0.05, 0) is 43.9 Å². The molecule has 0 unspecified atom stereocenters. The van der Waals surface area contributed by atoms with Crippen LogP contribution >= 0.6 is 0 Å². The van der Waals surface area contributed by atoms with E-state index in [-0.39, 0.29) is 59.2 Å². The second-order valence-electron chi connectivity index (χ2n) is 13.3. The molecule has 8 nitrogen and oxygen atoms in total. The summed E-state index contributed by atoms with van der Waals surface area (Å²) in [6, 6.07) is 9.95. The number of fused-ring (bicyclic) bond motifs is 2. The van der Waals surface area contributed by atoms with Crippen LogP contribution in [0.3, 0.4) is 0 Å². The van der Waals surface area contributed by atoms with Crippen molar-refractivity contribution in [3.8, 4) is 5.75 Å². The van der Waals surface area contributed by atoms with Gasteiger partial charge in [-0.1, -0.05) is 25.1 Å². The minimum absolute atomic E-state index is 0.00351. The number of benzene rings is 1. The maximum absolute atomic E-state index is 12.9. The minimum atomic E-state index is -1.13. The fourth-order valence-corrected chi connectivity index (χ4v) is 11.5. The van der Waals surface area contributed by atoms with Crippen LogP contribution in [0.1, 0.15) is 39.5 Å². The molecule has 6 fully saturated rings. The second-order valence-corrected chi connectivity index (χ2v) is 13.3. The highest BCUT2D eigenvalue weighted by Crippen LogP contribution is 2.79. The Morgan fingerprint density at radius 1 is 1.13 bits per heavy atom. The summed E-state index contributed by atoms with van der Waals surface area (Å²) in [6.07, 6.45) is 1.40. The first-order valence-electron chi connectivity index (χ1n) is 14.8. The number of aliphatic hydroxyl groups is 2. The molecule has 5 aliphatic carbocycles. The Bertz CT molecular complexity index is 1120. The zero-order valence-corrected chi connectivity index (χ0v) is 23.5. The zero-order chi connectivity index (χ0) is 27.3. The SMILES string of the molecule is CCN1C[C@]2(COc3ccccc3)CC[C@H](O)[C@@]34[C@@H]5C[C@H]6[C@H](OC(C)=O)[C@@H]5[C@](O)(C[C@@H]6OC)[C@@H]([C@H](OC)[C@H]23)[C@@H]14. The fourth-order valence-electron chi connectivity index (χ4n) is 11.5. The van der Waals surface area contributed by atoms with Crippen LogP contribution < -0.4 is 4.74 Å². The molecule has 0 radical (unpaired) electrons. The smallest absolute Gasteiger partial charge is 0.302 e. The molecule has 1 heterocycles. The van der Waals surface area contributed by atoms with Gasteiger partial charge in [0.1, 0.15) is 11.9 Å². The molecule has 1 aliphatic heterocycles. The monoisotopic (exact) mass is 541 g/mol. The van der Waals surface area contributed by atoms with Gasteiger partial charge in [-0.15, -0.1) is 0 Å². The summed E-state index contributed by atoms with van der Waals surface area (Å²) >= 11 is 0. The molecule has 1 aromatic rings. The number of piperidine rings is 1. The van der Waals surface area contributed by atoms with Gasteiger partial charge in [0.25, 0.3) is 0 Å². The van der Waals surface area contributed by atoms with E-state index in [4.69, 9.17) is 18.9 Å². The first-order valence-corrected chi connectivity index (χ1v) is 14.8. The summed E-state index contributed by atoms with van der Waals surface area (Å²) in [7, 11) is 3.47. The van der Waals surface area contributed by atoms with Crippen LogP contribution in [-0.4, -0.2) is 91.1 Å². The van der Waals surface area contributed by atoms with E-state index >= 15 is 0 Å². The minimum Gasteiger partial charge on any atom is -0.493 e. The Morgan fingerprint density at radius 3 is 2.56 bits per heavy atom. The summed E-state index contributed by atoms with van der Waals surface area (Å²) < 4.78 is 25.0. The number of likely N-dealkylation sites (tertiary alicyclic amines) is 1. The number of nitrogens with zero attached hydrogens (tertiary/aromatic N) is 1. The van der Waals surface area contributed by atoms with E-state index in [1.54, 1.807) is 14.2 Å². The van der Waals surface area contributed by atoms with Crippen molar-refractivity contribution in [3.63, 3.8) is 0 Å². The lowest BCUT2D eigenvalue weighted by Crippen LogP contribution is -2.76. The molecular weight excluding hydrogens is 498 g/mol. The molecule has 7 bridgehead atoms. The summed E-state index contributed by atoms with van der Waals surface area (Å²) in [5, 5.41) is 25.1. The molecule has 0 aromatic heterocycles. The van der Waals surface area contributed by atoms with Gasteiger partial charge < -0.3 is 29.2 Å². The molecule has 1 spiro atoms. The van der Waals surface area contributed by atoms with Gasteiger partial charge in [0.05, 0.1) is 30.5 Å². The quantitative estimate of drug-likeness (QED) is 0.509. The van der Waals surface area contributed by atoms with Crippen LogP contribution in [0.25, 0.3) is 0 Å². The van der Waals surface area contributed by atoms with Crippen molar-refractivity contribution in [2.45, 2.75) is 75.6 Å². The molecular formula is C31H43NO7. The molecule has 6 aliphatic rings. The Hall–Kier alpha value is -1.71. The Labute approximate surface area is 230 Å². The first kappa shape index (κ1) is 26.2. The molecule has 39 heavy (non-hydrogen) atoms. The number of carbonyl (C=O) groups is 1. The van der Waals surface area contributed by atoms with Crippen molar-refractivity contribution in [1.29, 1.82) is 0 Å². The number of rotatable bonds is 7. The zero-order valence-electron chi connectivity index (χ0n) is 23.5. The molecule has 13 atom stereocenters. The third kappa shape index (κ3) is 3.16. The van der Waals surface area contributed by atoms with Crippen molar-refractivity contribution in [2.24, 2.45) is 40.4 Å². The standard InChI is InChI=1S/C31H43NO7/c1-5-32-15-29(16-38-18-9-7-6-8-10-18)12-11-22(34)31-20-13-19-21(36-3)14-30(35,23(20)25(19)39-17(2)33)24(28(31)32)26(37-4)27(29)31/h6-10,19-28,34-35H,5,11-16H2,1-4H3/t19-,20-,21+,22+,23-,24+,25+,26+,27-,28-,29+,30-,31+/m1/s1. The van der Waals surface area contributed by atoms with Gasteiger partial charge in [0.15, 0.2) is 0 Å². The summed E-state index contributed by atoms with van der Waals surface area (Å²) in [4.78, 5) is 14.9. The number of hydrogen-bond acceptors (Lipinski definition) is 8. The van der Waals surface area contributed by atoms with Crippen LogP contribution in [0.5, 0.6) is 5.75 Å². The van der Waals surface area contributed by atoms with E-state index in [0.29, 0.717) is 19.4 Å². The number of carbonyl (C=O) groups excluding carboxylic acids is 1. The number of para-hydroxylation sites is 1. The number of esters is 1. The van der Waals surface area contributed by atoms with E-state index in [9.17, 15) is 15.0 Å². The van der Waals surface area contributed by atoms with Gasteiger partial charge in [-0.25, -0.2) is 0 Å². The molecule has 1 saturated heterocycles. The predicted octanol–water partition coefficient (Wildman–Crippen LogP) is 2.51. The fraction of sp³-hybridized carbons (Fsp3) is 0.774. The van der Waals surface area contributed by atoms with E-state index in [1.165, 1.54) is 6.92 Å². The molecule has 0 amide bonds. The topological polar surface area (TPSA) is 97.7 Å². The van der Waals surface area contributed by atoms with Crippen molar-refractivity contribution in [3.05, 3.63) is 30.3 Å². The van der Waals surface area contributed by atoms with E-state index in [1.807, 2.05) is 30.3 Å². The lowest BCUT2D eigenvalue weighted by Gasteiger charge is -2.68. The molecule has 214 valence electrons. The molecule has 2 N–H and O–H groups in total. The van der Waals surface area contributed by atoms with Gasteiger partial charge in [-0.2, -0.15) is 0 Å². The summed E-state index contributed by atoms with van der Waals surface area (Å²) in [5.74, 6) is 0.0643. The van der Waals surface area contributed by atoms with Crippen molar-refractivity contribution in [2.75, 3.05) is 33.9 Å². The average Bonchev–Trinajstić information content (AvgIpc) is 3.36. The Kier molecular flexibility index (Phi) is 5.98. The largest absolute Gasteiger partial charge is 0.493 e. The van der Waals surface area contributed by atoms with Gasteiger partial charge in [-0.3, -0.25) is 9.69 Å². The highest BCUT2D eigenvalue weighted by atomic mass is 16.5. The maximum atomic E-state index is 12.9. The number of hydrogen-bond donors (Lipinski definition) is 2. The number of methoxy groups -OCH3 is 2. The Balaban J connectivity index is 1.41. The van der Waals surface area contributed by atoms with Crippen molar-refractivity contribution >= 4 is 5.97 Å². The third-order valence-electron chi connectivity index (χ3n) is 12.2. The van der Waals surface area contributed by atoms with Crippen LogP contribution in [0.4, 0.5) is 0 Å². The normalized spacial score (nSPS) is 51.0. The van der Waals surface area contributed by atoms with Crippen LogP contribution in [0.2, 0.25) is 0 Å². The van der Waals surface area contributed by atoms with Gasteiger partial charge in [0.2, 0.25) is 0 Å². The van der Waals surface area contributed by atoms with Crippen molar-refractivity contribution < 1.29 is 34.0 Å². The number of aliphatic hydroxyl groups excluding tert-OH is 1. The lowest BCUT2D eigenvalue weighted by atomic mass is 9.43. The highest BCUT2D eigenvalue weighted by molar-refractivity contribution is 5.66. The van der Waals surface area contributed by atoms with Crippen LogP contribution in [-0.2, 0) is 19.0 Å². The summed E-state index contributed by atoms with van der Waals surface area (Å²) in [5.41, 5.74) is -1.85.